The molecule has 4 rings (SSSR count). The molecule has 1 unspecified atom stereocenters. The maximum Gasteiger partial charge on any atom is 0.242 e. The van der Waals surface area contributed by atoms with Crippen LogP contribution >= 0.6 is 22.9 Å². The molecule has 2 N–H and O–H groups in total. The number of likely N-dealkylation sites (N-methyl/N-ethyl adjacent to an activating group) is 1. The number of imidazole rings is 1. The number of carbonyl (C=O) groups is 1. The second kappa shape index (κ2) is 8.36. The third-order valence-electron chi connectivity index (χ3n) is 5.11. The van der Waals surface area contributed by atoms with E-state index in [0.717, 1.165) is 15.4 Å². The molecule has 1 saturated heterocycles. The number of amides is 1. The van der Waals surface area contributed by atoms with Gasteiger partial charge in [0.25, 0.3) is 0 Å². The highest BCUT2D eigenvalue weighted by Gasteiger charge is 2.38. The van der Waals surface area contributed by atoms with Gasteiger partial charge in [-0.05, 0) is 42.6 Å². The maximum atomic E-state index is 13.4. The van der Waals surface area contributed by atoms with Gasteiger partial charge in [0.05, 0.1) is 37.9 Å². The number of aromatic nitrogens is 2. The molecule has 1 aromatic carbocycles. The molecule has 0 bridgehead atoms. The number of aryl methyl sites for hydroxylation is 1. The maximum absolute atomic E-state index is 13.4. The molecule has 11 heteroatoms. The first-order chi connectivity index (χ1) is 14.6. The number of thiophene rings is 1. The molecule has 2 aromatic heterocycles. The number of rotatable bonds is 4. The van der Waals surface area contributed by atoms with Crippen molar-refractivity contribution in [1.82, 2.24) is 18.6 Å². The van der Waals surface area contributed by atoms with Crippen LogP contribution in [0.2, 0.25) is 5.02 Å². The molecule has 0 saturated carbocycles. The fourth-order valence-electron chi connectivity index (χ4n) is 3.39. The highest BCUT2D eigenvalue weighted by atomic mass is 35.5. The SMILES string of the molecule is C=S1(=O)N[C@@H](c2ccc(-c3cn(C)cn3)s2)C[C@@H](C(=O)Nc2ccc(F)c(Cl)c2)N1C. The van der Waals surface area contributed by atoms with Crippen molar-refractivity contribution in [2.24, 2.45) is 7.05 Å². The van der Waals surface area contributed by atoms with Gasteiger partial charge in [-0.15, -0.1) is 11.3 Å². The number of halogens is 2. The second-order valence-corrected chi connectivity index (χ2v) is 11.0. The van der Waals surface area contributed by atoms with Gasteiger partial charge in [0, 0.05) is 30.9 Å². The van der Waals surface area contributed by atoms with E-state index in [1.54, 1.807) is 13.4 Å². The lowest BCUT2D eigenvalue weighted by Crippen LogP contribution is -2.55. The zero-order valence-corrected chi connectivity index (χ0v) is 19.2. The normalized spacial score (nSPS) is 24.3. The van der Waals surface area contributed by atoms with E-state index in [0.29, 0.717) is 12.1 Å². The summed E-state index contributed by atoms with van der Waals surface area (Å²) in [7, 11) is 0.605. The van der Waals surface area contributed by atoms with E-state index in [1.165, 1.54) is 33.8 Å². The largest absolute Gasteiger partial charge is 0.340 e. The van der Waals surface area contributed by atoms with E-state index in [1.807, 2.05) is 29.9 Å². The Labute approximate surface area is 189 Å². The molecule has 0 spiro atoms. The topological polar surface area (TPSA) is 79.3 Å². The van der Waals surface area contributed by atoms with Crippen molar-refractivity contribution in [3.8, 4) is 10.6 Å². The summed E-state index contributed by atoms with van der Waals surface area (Å²) in [5, 5.41) is 2.64. The summed E-state index contributed by atoms with van der Waals surface area (Å²) < 4.78 is 32.9. The first-order valence-electron chi connectivity index (χ1n) is 9.35. The molecule has 31 heavy (non-hydrogen) atoms. The highest BCUT2D eigenvalue weighted by molar-refractivity contribution is 7.96. The Kier molecular flexibility index (Phi) is 5.93. The summed E-state index contributed by atoms with van der Waals surface area (Å²) in [6.07, 6.45) is 4.03. The lowest BCUT2D eigenvalue weighted by Gasteiger charge is -2.39. The molecule has 1 aliphatic rings. The van der Waals surface area contributed by atoms with Crippen LogP contribution in [0.3, 0.4) is 0 Å². The second-order valence-electron chi connectivity index (χ2n) is 7.35. The third kappa shape index (κ3) is 4.53. The molecule has 3 aromatic rings. The number of anilines is 1. The first-order valence-corrected chi connectivity index (χ1v) is 12.2. The van der Waals surface area contributed by atoms with Gasteiger partial charge in [-0.3, -0.25) is 4.79 Å². The molecule has 1 amide bonds. The summed E-state index contributed by atoms with van der Waals surface area (Å²) >= 11 is 7.33. The minimum absolute atomic E-state index is 0.0871. The van der Waals surface area contributed by atoms with Crippen LogP contribution < -0.4 is 10.0 Å². The fraction of sp³-hybridized carbons (Fsp3) is 0.250. The Morgan fingerprint density at radius 3 is 2.84 bits per heavy atom. The Balaban J connectivity index is 1.57. The molecule has 1 aliphatic heterocycles. The van der Waals surface area contributed by atoms with Crippen molar-refractivity contribution in [2.45, 2.75) is 18.5 Å². The lowest BCUT2D eigenvalue weighted by atomic mass is 10.1. The molecular weight excluding hydrogens is 461 g/mol. The lowest BCUT2D eigenvalue weighted by molar-refractivity contribution is -0.120. The number of carbonyl (C=O) groups excluding carboxylic acids is 1. The van der Waals surface area contributed by atoms with Crippen molar-refractivity contribution in [3.63, 3.8) is 0 Å². The van der Waals surface area contributed by atoms with Crippen molar-refractivity contribution in [2.75, 3.05) is 12.4 Å². The zero-order valence-electron chi connectivity index (χ0n) is 16.8. The molecule has 0 aliphatic carbocycles. The summed E-state index contributed by atoms with van der Waals surface area (Å²) in [6, 6.07) is 6.83. The van der Waals surface area contributed by atoms with Gasteiger partial charge in [0.15, 0.2) is 0 Å². The summed E-state index contributed by atoms with van der Waals surface area (Å²) in [5.41, 5.74) is 1.22. The van der Waals surface area contributed by atoms with Crippen LogP contribution in [0.5, 0.6) is 0 Å². The van der Waals surface area contributed by atoms with Gasteiger partial charge in [0.2, 0.25) is 5.91 Å². The average molecular weight is 482 g/mol. The van der Waals surface area contributed by atoms with Crippen molar-refractivity contribution >= 4 is 50.3 Å². The van der Waals surface area contributed by atoms with Gasteiger partial charge in [-0.2, -0.15) is 0 Å². The summed E-state index contributed by atoms with van der Waals surface area (Å²) in [5.74, 6) is 2.87. The number of hydrogen-bond acceptors (Lipinski definition) is 4. The van der Waals surface area contributed by atoms with Crippen LogP contribution in [0.1, 0.15) is 17.3 Å². The average Bonchev–Trinajstić information content (AvgIpc) is 3.35. The minimum atomic E-state index is -2.89. The molecule has 7 nitrogen and oxygen atoms in total. The van der Waals surface area contributed by atoms with Crippen LogP contribution in [0.15, 0.2) is 42.9 Å². The molecule has 0 radical (unpaired) electrons. The predicted molar refractivity (Wildman–Crippen MR) is 124 cm³/mol. The van der Waals surface area contributed by atoms with Crippen molar-refractivity contribution < 1.29 is 13.4 Å². The Bertz CT molecular complexity index is 1240. The molecule has 1 fully saturated rings. The van der Waals surface area contributed by atoms with E-state index in [4.69, 9.17) is 11.6 Å². The number of benzene rings is 1. The third-order valence-corrected chi connectivity index (χ3v) is 8.46. The molecule has 164 valence electrons. The smallest absolute Gasteiger partial charge is 0.242 e. The van der Waals surface area contributed by atoms with Crippen molar-refractivity contribution in [3.05, 3.63) is 58.6 Å². The fourth-order valence-corrected chi connectivity index (χ4v) is 6.11. The Morgan fingerprint density at radius 1 is 1.39 bits per heavy atom. The Morgan fingerprint density at radius 2 is 2.16 bits per heavy atom. The zero-order chi connectivity index (χ0) is 22.3. The summed E-state index contributed by atoms with van der Waals surface area (Å²) in [4.78, 5) is 19.3. The van der Waals surface area contributed by atoms with Gasteiger partial charge in [-0.25, -0.2) is 22.6 Å². The molecule has 3 atom stereocenters. The van der Waals surface area contributed by atoms with E-state index < -0.39 is 21.8 Å². The number of hydrogen-bond donors (Lipinski definition) is 2. The van der Waals surface area contributed by atoms with E-state index >= 15 is 0 Å². The van der Waals surface area contributed by atoms with Crippen LogP contribution in [0.25, 0.3) is 10.6 Å². The van der Waals surface area contributed by atoms with Gasteiger partial charge >= 0.3 is 0 Å². The van der Waals surface area contributed by atoms with Crippen LogP contribution in [0, 0.1) is 5.82 Å². The minimum Gasteiger partial charge on any atom is -0.340 e. The van der Waals surface area contributed by atoms with E-state index in [9.17, 15) is 13.4 Å². The van der Waals surface area contributed by atoms with Crippen LogP contribution in [0.4, 0.5) is 10.1 Å². The van der Waals surface area contributed by atoms with E-state index in [-0.39, 0.29) is 17.0 Å². The predicted octanol–water partition coefficient (Wildman–Crippen LogP) is 3.46. The summed E-state index contributed by atoms with van der Waals surface area (Å²) in [6.45, 7) is 0. The number of nitrogens with one attached hydrogen (secondary N) is 2. The monoisotopic (exact) mass is 481 g/mol. The molecular formula is C20H21ClFN5O2S2. The Hall–Kier alpha value is -2.24. The van der Waals surface area contributed by atoms with Gasteiger partial charge in [-0.1, -0.05) is 11.6 Å². The quantitative estimate of drug-likeness (QED) is 0.560. The standard InChI is InChI=1S/C20H21ClFN5O2S2/c1-26-10-16(23-11-26)19-7-6-18(30-19)15-9-17(27(2)31(3,29)25-15)20(28)24-12-4-5-14(22)13(21)8-12/h4-8,10-11,15,17H,3,9H2,1-2H3,(H,24,28)(H,25,29)/t15-,17+,31?/m1/s1. The van der Waals surface area contributed by atoms with E-state index in [2.05, 4.69) is 20.9 Å². The van der Waals surface area contributed by atoms with Gasteiger partial charge < -0.3 is 9.88 Å². The number of nitrogens with zero attached hydrogens (tertiary/aromatic N) is 3. The van der Waals surface area contributed by atoms with Gasteiger partial charge in [0.1, 0.15) is 11.9 Å². The molecule has 3 heterocycles. The first kappa shape index (κ1) is 22.0. The van der Waals surface area contributed by atoms with Crippen LogP contribution in [-0.4, -0.2) is 42.9 Å². The van der Waals surface area contributed by atoms with Crippen molar-refractivity contribution in [1.29, 1.82) is 0 Å². The highest BCUT2D eigenvalue weighted by Crippen LogP contribution is 2.35. The van der Waals surface area contributed by atoms with Crippen LogP contribution in [-0.2, 0) is 21.7 Å².